The minimum atomic E-state index is -3.35. The Hall–Kier alpha value is -1.73. The Morgan fingerprint density at radius 3 is 2.58 bits per heavy atom. The largest absolute Gasteiger partial charge is 0.480 e. The number of rotatable bonds is 9. The van der Waals surface area contributed by atoms with Gasteiger partial charge in [-0.25, -0.2) is 0 Å². The third-order valence-corrected chi connectivity index (χ3v) is 5.90. The molecule has 8 nitrogen and oxygen atoms in total. The molecule has 0 spiro atoms. The van der Waals surface area contributed by atoms with Gasteiger partial charge >= 0.3 is 13.6 Å². The van der Waals surface area contributed by atoms with Crippen LogP contribution in [0.3, 0.4) is 0 Å². The van der Waals surface area contributed by atoms with Crippen LogP contribution in [0.4, 0.5) is 5.69 Å². The molecule has 0 saturated carbocycles. The molecule has 1 aliphatic heterocycles. The number of nitrogens with zero attached hydrogens (tertiary/aromatic N) is 1. The van der Waals surface area contributed by atoms with E-state index < -0.39 is 26.2 Å². The van der Waals surface area contributed by atoms with E-state index in [1.165, 1.54) is 4.90 Å². The van der Waals surface area contributed by atoms with E-state index in [1.54, 1.807) is 26.0 Å². The second kappa shape index (κ2) is 9.28. The number of carbonyl (C=O) groups excluding carboxylic acids is 1. The number of carboxylic acids is 1. The summed E-state index contributed by atoms with van der Waals surface area (Å²) in [5.41, 5.74) is 1.51. The van der Waals surface area contributed by atoms with Crippen LogP contribution in [0.1, 0.15) is 25.8 Å². The first-order valence-corrected chi connectivity index (χ1v) is 10.4. The first kappa shape index (κ1) is 20.6. The number of carboxylic acid groups (broad SMARTS) is 1. The highest BCUT2D eigenvalue weighted by atomic mass is 31.2. The molecule has 0 aromatic heterocycles. The lowest BCUT2D eigenvalue weighted by Crippen LogP contribution is -2.48. The summed E-state index contributed by atoms with van der Waals surface area (Å²) in [6.07, 6.45) is 0.954. The number of carbonyl (C=O) groups is 2. The van der Waals surface area contributed by atoms with Crippen LogP contribution in [-0.2, 0) is 29.6 Å². The molecule has 9 heteroatoms. The lowest BCUT2D eigenvalue weighted by atomic mass is 10.1. The van der Waals surface area contributed by atoms with Crippen LogP contribution in [0.5, 0.6) is 0 Å². The molecule has 2 rings (SSSR count). The van der Waals surface area contributed by atoms with Crippen molar-refractivity contribution in [2.24, 2.45) is 0 Å². The summed E-state index contributed by atoms with van der Waals surface area (Å²) in [6.45, 7) is 3.46. The topological polar surface area (TPSA) is 105 Å². The normalized spacial score (nSPS) is 17.7. The van der Waals surface area contributed by atoms with Crippen molar-refractivity contribution in [3.63, 3.8) is 0 Å². The Balaban J connectivity index is 2.19. The van der Waals surface area contributed by atoms with Gasteiger partial charge in [0.2, 0.25) is 5.91 Å². The van der Waals surface area contributed by atoms with Crippen molar-refractivity contribution in [2.75, 3.05) is 30.9 Å². The standard InChI is InChI=1S/C17H25N2O6P/c1-3-24-26(23,25-4-2)12-18-14-10-9-13-7-5-6-8-15(13)19(17(14)22)11-16(20)21/h5-8,14,18H,3-4,9-12H2,1-2H3,(H,20,21)/t14-/m0/s1. The van der Waals surface area contributed by atoms with Gasteiger partial charge in [-0.1, -0.05) is 18.2 Å². The van der Waals surface area contributed by atoms with E-state index in [9.17, 15) is 19.3 Å². The van der Waals surface area contributed by atoms with Gasteiger partial charge in [-0.2, -0.15) is 0 Å². The maximum absolute atomic E-state index is 12.9. The Labute approximate surface area is 153 Å². The number of aryl methyl sites for hydroxylation is 1. The summed E-state index contributed by atoms with van der Waals surface area (Å²) in [6, 6.07) is 6.58. The van der Waals surface area contributed by atoms with E-state index in [-0.39, 0.29) is 25.4 Å². The minimum absolute atomic E-state index is 0.109. The highest BCUT2D eigenvalue weighted by Crippen LogP contribution is 2.46. The lowest BCUT2D eigenvalue weighted by Gasteiger charge is -2.26. The zero-order valence-corrected chi connectivity index (χ0v) is 15.9. The highest BCUT2D eigenvalue weighted by Gasteiger charge is 2.33. The molecule has 1 atom stereocenters. The molecule has 0 fully saturated rings. The number of para-hydroxylation sites is 1. The number of hydrogen-bond acceptors (Lipinski definition) is 6. The number of benzene rings is 1. The van der Waals surface area contributed by atoms with Gasteiger partial charge < -0.3 is 14.2 Å². The van der Waals surface area contributed by atoms with Gasteiger partial charge in [-0.05, 0) is 38.3 Å². The fourth-order valence-electron chi connectivity index (χ4n) is 2.95. The van der Waals surface area contributed by atoms with Crippen molar-refractivity contribution in [3.05, 3.63) is 29.8 Å². The molecule has 144 valence electrons. The first-order valence-electron chi connectivity index (χ1n) is 8.62. The van der Waals surface area contributed by atoms with Crippen LogP contribution in [-0.4, -0.2) is 49.1 Å². The second-order valence-electron chi connectivity index (χ2n) is 5.85. The van der Waals surface area contributed by atoms with Crippen molar-refractivity contribution >= 4 is 25.2 Å². The lowest BCUT2D eigenvalue weighted by molar-refractivity contribution is -0.136. The van der Waals surface area contributed by atoms with E-state index >= 15 is 0 Å². The van der Waals surface area contributed by atoms with E-state index in [4.69, 9.17) is 9.05 Å². The maximum atomic E-state index is 12.9. The Bertz CT molecular complexity index is 686. The number of fused-ring (bicyclic) bond motifs is 1. The second-order valence-corrected chi connectivity index (χ2v) is 7.90. The summed E-state index contributed by atoms with van der Waals surface area (Å²) in [4.78, 5) is 25.4. The third kappa shape index (κ3) is 5.14. The summed E-state index contributed by atoms with van der Waals surface area (Å²) in [5, 5.41) is 12.1. The molecule has 26 heavy (non-hydrogen) atoms. The van der Waals surface area contributed by atoms with E-state index in [2.05, 4.69) is 5.32 Å². The number of anilines is 1. The van der Waals surface area contributed by atoms with Crippen LogP contribution in [0, 0.1) is 0 Å². The zero-order chi connectivity index (χ0) is 19.2. The molecule has 0 bridgehead atoms. The predicted molar refractivity (Wildman–Crippen MR) is 97.4 cm³/mol. The van der Waals surface area contributed by atoms with Crippen LogP contribution in [0.2, 0.25) is 0 Å². The number of amides is 1. The zero-order valence-electron chi connectivity index (χ0n) is 15.0. The number of hydrogen-bond donors (Lipinski definition) is 2. The van der Waals surface area contributed by atoms with Crippen molar-refractivity contribution < 1.29 is 28.3 Å². The minimum Gasteiger partial charge on any atom is -0.480 e. The molecular weight excluding hydrogens is 359 g/mol. The van der Waals surface area contributed by atoms with E-state index in [0.717, 1.165) is 5.56 Å². The summed E-state index contributed by atoms with van der Waals surface area (Å²) >= 11 is 0. The average molecular weight is 384 g/mol. The molecule has 1 amide bonds. The average Bonchev–Trinajstić information content (AvgIpc) is 2.71. The van der Waals surface area contributed by atoms with Crippen LogP contribution in [0.15, 0.2) is 24.3 Å². The van der Waals surface area contributed by atoms with E-state index in [1.807, 2.05) is 12.1 Å². The Morgan fingerprint density at radius 1 is 1.31 bits per heavy atom. The quantitative estimate of drug-likeness (QED) is 0.629. The molecule has 1 aromatic rings. The van der Waals surface area contributed by atoms with Crippen molar-refractivity contribution in [3.8, 4) is 0 Å². The molecule has 0 radical (unpaired) electrons. The molecule has 0 saturated heterocycles. The highest BCUT2D eigenvalue weighted by molar-refractivity contribution is 7.53. The monoisotopic (exact) mass is 384 g/mol. The van der Waals surface area contributed by atoms with Crippen LogP contribution >= 0.6 is 7.60 Å². The molecule has 0 unspecified atom stereocenters. The van der Waals surface area contributed by atoms with Gasteiger partial charge in [0.15, 0.2) is 0 Å². The number of nitrogens with one attached hydrogen (secondary N) is 1. The van der Waals surface area contributed by atoms with Gasteiger partial charge in [0.25, 0.3) is 0 Å². The van der Waals surface area contributed by atoms with Crippen molar-refractivity contribution in [1.82, 2.24) is 5.32 Å². The smallest absolute Gasteiger partial charge is 0.344 e. The summed E-state index contributed by atoms with van der Waals surface area (Å²) in [5.74, 6) is -1.46. The Kier molecular flexibility index (Phi) is 7.34. The molecule has 1 heterocycles. The fourth-order valence-corrected chi connectivity index (χ4v) is 4.44. The van der Waals surface area contributed by atoms with Gasteiger partial charge in [0.05, 0.1) is 25.5 Å². The van der Waals surface area contributed by atoms with Crippen LogP contribution < -0.4 is 10.2 Å². The Morgan fingerprint density at radius 2 is 1.96 bits per heavy atom. The maximum Gasteiger partial charge on any atom is 0.344 e. The van der Waals surface area contributed by atoms with Crippen molar-refractivity contribution in [1.29, 1.82) is 0 Å². The summed E-state index contributed by atoms with van der Waals surface area (Å²) < 4.78 is 23.1. The van der Waals surface area contributed by atoms with Crippen LogP contribution in [0.25, 0.3) is 0 Å². The summed E-state index contributed by atoms with van der Waals surface area (Å²) in [7, 11) is -3.35. The van der Waals surface area contributed by atoms with E-state index in [0.29, 0.717) is 18.5 Å². The van der Waals surface area contributed by atoms with Gasteiger partial charge in [-0.3, -0.25) is 24.4 Å². The molecule has 1 aliphatic rings. The third-order valence-electron chi connectivity index (χ3n) is 4.03. The van der Waals surface area contributed by atoms with Gasteiger partial charge in [-0.15, -0.1) is 0 Å². The SMILES string of the molecule is CCOP(=O)(CN[C@H]1CCc2ccccc2N(CC(=O)O)C1=O)OCC. The number of aliphatic carboxylic acids is 1. The molecular formula is C17H25N2O6P. The fraction of sp³-hybridized carbons (Fsp3) is 0.529. The van der Waals surface area contributed by atoms with Crippen molar-refractivity contribution in [2.45, 2.75) is 32.7 Å². The molecule has 0 aliphatic carbocycles. The predicted octanol–water partition coefficient (Wildman–Crippen LogP) is 2.23. The molecule has 1 aromatic carbocycles. The molecule has 2 N–H and O–H groups in total. The van der Waals surface area contributed by atoms with Gasteiger partial charge in [0, 0.05) is 5.69 Å². The first-order chi connectivity index (χ1) is 12.4. The van der Waals surface area contributed by atoms with Gasteiger partial charge in [0.1, 0.15) is 6.54 Å².